The van der Waals surface area contributed by atoms with Crippen molar-refractivity contribution in [3.63, 3.8) is 0 Å². The summed E-state index contributed by atoms with van der Waals surface area (Å²) in [6, 6.07) is 10.1. The number of nitrogens with one attached hydrogen (secondary N) is 2. The number of benzene rings is 2. The standard InChI is InChI=1S/C30H42N2O7/c1-28(2,3)26(37)19-14-20(33)25(36)24(27(38)29(4,5)6)23(19)21(34)15-31-17-30(7,8)32-22(35)16-39-18-12-10-9-11-13-18/h9-14,21,31,33-34,36H,15-17H2,1-8H3,(H,32,35). The fourth-order valence-electron chi connectivity index (χ4n) is 3.96. The highest BCUT2D eigenvalue weighted by molar-refractivity contribution is 6.09. The first kappa shape index (κ1) is 31.8. The molecule has 214 valence electrons. The summed E-state index contributed by atoms with van der Waals surface area (Å²) in [6.07, 6.45) is -1.38. The largest absolute Gasteiger partial charge is 0.504 e. The molecule has 0 saturated carbocycles. The highest BCUT2D eigenvalue weighted by Crippen LogP contribution is 2.42. The maximum absolute atomic E-state index is 13.3. The first-order valence-corrected chi connectivity index (χ1v) is 12.9. The molecule has 0 heterocycles. The van der Waals surface area contributed by atoms with Crippen molar-refractivity contribution in [2.45, 2.75) is 67.0 Å². The molecule has 2 rings (SSSR count). The molecule has 0 bridgehead atoms. The van der Waals surface area contributed by atoms with Crippen LogP contribution < -0.4 is 15.4 Å². The predicted octanol–water partition coefficient (Wildman–Crippen LogP) is 4.15. The van der Waals surface area contributed by atoms with Gasteiger partial charge in [0.1, 0.15) is 5.75 Å². The Morgan fingerprint density at radius 3 is 2.00 bits per heavy atom. The van der Waals surface area contributed by atoms with Crippen LogP contribution in [0.2, 0.25) is 0 Å². The van der Waals surface area contributed by atoms with Crippen LogP contribution in [-0.4, -0.2) is 58.0 Å². The van der Waals surface area contributed by atoms with Gasteiger partial charge in [-0.05, 0) is 32.0 Å². The van der Waals surface area contributed by atoms with E-state index in [2.05, 4.69) is 10.6 Å². The van der Waals surface area contributed by atoms with E-state index in [0.717, 1.165) is 6.07 Å². The minimum Gasteiger partial charge on any atom is -0.504 e. The molecular weight excluding hydrogens is 500 g/mol. The molecule has 9 heteroatoms. The Kier molecular flexibility index (Phi) is 9.92. The van der Waals surface area contributed by atoms with Crippen molar-refractivity contribution in [2.24, 2.45) is 10.8 Å². The van der Waals surface area contributed by atoms with Gasteiger partial charge < -0.3 is 30.7 Å². The zero-order chi connectivity index (χ0) is 29.8. The minimum atomic E-state index is -1.38. The van der Waals surface area contributed by atoms with Crippen molar-refractivity contribution in [3.8, 4) is 17.2 Å². The third-order valence-corrected chi connectivity index (χ3v) is 5.98. The second-order valence-corrected chi connectivity index (χ2v) is 12.4. The highest BCUT2D eigenvalue weighted by atomic mass is 16.5. The predicted molar refractivity (Wildman–Crippen MR) is 149 cm³/mol. The smallest absolute Gasteiger partial charge is 0.258 e. The van der Waals surface area contributed by atoms with E-state index in [9.17, 15) is 29.7 Å². The summed E-state index contributed by atoms with van der Waals surface area (Å²) >= 11 is 0. The van der Waals surface area contributed by atoms with E-state index in [-0.39, 0.29) is 42.3 Å². The summed E-state index contributed by atoms with van der Waals surface area (Å²) < 4.78 is 5.48. The molecule has 5 N–H and O–H groups in total. The van der Waals surface area contributed by atoms with Crippen LogP contribution in [0, 0.1) is 10.8 Å². The number of phenolic OH excluding ortho intramolecular Hbond substituents is 2. The second-order valence-electron chi connectivity index (χ2n) is 12.4. The summed E-state index contributed by atoms with van der Waals surface area (Å²) in [5.41, 5.74) is -2.96. The number of rotatable bonds is 11. The van der Waals surface area contributed by atoms with Gasteiger partial charge in [-0.25, -0.2) is 0 Å². The number of ketones is 2. The Morgan fingerprint density at radius 1 is 0.897 bits per heavy atom. The number of hydrogen-bond donors (Lipinski definition) is 5. The number of hydrogen-bond acceptors (Lipinski definition) is 8. The van der Waals surface area contributed by atoms with E-state index in [1.165, 1.54) is 0 Å². The van der Waals surface area contributed by atoms with Crippen LogP contribution in [0.15, 0.2) is 36.4 Å². The molecule has 1 unspecified atom stereocenters. The number of aliphatic hydroxyl groups excluding tert-OH is 1. The van der Waals surface area contributed by atoms with Gasteiger partial charge in [-0.15, -0.1) is 0 Å². The fraction of sp³-hybridized carbons (Fsp3) is 0.500. The van der Waals surface area contributed by atoms with Gasteiger partial charge in [0.15, 0.2) is 29.7 Å². The monoisotopic (exact) mass is 542 g/mol. The van der Waals surface area contributed by atoms with Gasteiger partial charge in [-0.3, -0.25) is 14.4 Å². The van der Waals surface area contributed by atoms with Crippen LogP contribution in [0.5, 0.6) is 17.2 Å². The summed E-state index contributed by atoms with van der Waals surface area (Å²) in [6.45, 7) is 13.5. The number of carbonyl (C=O) groups excluding carboxylic acids is 3. The summed E-state index contributed by atoms with van der Waals surface area (Å²) in [5.74, 6) is -1.98. The maximum atomic E-state index is 13.3. The van der Waals surface area contributed by atoms with Crippen LogP contribution in [-0.2, 0) is 4.79 Å². The summed E-state index contributed by atoms with van der Waals surface area (Å²) in [7, 11) is 0. The third kappa shape index (κ3) is 8.53. The Labute approximate surface area is 230 Å². The molecule has 0 saturated heterocycles. The third-order valence-electron chi connectivity index (χ3n) is 5.98. The number of aliphatic hydroxyl groups is 1. The second kappa shape index (κ2) is 12.2. The number of ether oxygens (including phenoxy) is 1. The quantitative estimate of drug-likeness (QED) is 0.210. The Balaban J connectivity index is 2.25. The van der Waals surface area contributed by atoms with Gasteiger partial charge in [0.05, 0.1) is 11.7 Å². The number of amides is 1. The first-order chi connectivity index (χ1) is 17.8. The van der Waals surface area contributed by atoms with Crippen molar-refractivity contribution >= 4 is 17.5 Å². The molecule has 0 spiro atoms. The van der Waals surface area contributed by atoms with Gasteiger partial charge in [-0.2, -0.15) is 0 Å². The molecule has 0 fully saturated rings. The number of carbonyl (C=O) groups is 3. The molecule has 9 nitrogen and oxygen atoms in total. The Hall–Kier alpha value is -3.43. The van der Waals surface area contributed by atoms with Crippen LogP contribution >= 0.6 is 0 Å². The average Bonchev–Trinajstić information content (AvgIpc) is 2.82. The lowest BCUT2D eigenvalue weighted by atomic mass is 9.78. The van der Waals surface area contributed by atoms with Gasteiger partial charge in [-0.1, -0.05) is 59.7 Å². The van der Waals surface area contributed by atoms with Crippen LogP contribution in [0.4, 0.5) is 0 Å². The number of para-hydroxylation sites is 1. The molecule has 0 aliphatic rings. The van der Waals surface area contributed by atoms with Crippen molar-refractivity contribution in [1.82, 2.24) is 10.6 Å². The first-order valence-electron chi connectivity index (χ1n) is 12.9. The van der Waals surface area contributed by atoms with Crippen LogP contribution in [0.25, 0.3) is 0 Å². The molecule has 0 aromatic heterocycles. The van der Waals surface area contributed by atoms with E-state index in [0.29, 0.717) is 5.75 Å². The van der Waals surface area contributed by atoms with Gasteiger partial charge in [0.25, 0.3) is 5.91 Å². The van der Waals surface area contributed by atoms with E-state index in [1.54, 1.807) is 79.7 Å². The van der Waals surface area contributed by atoms with Crippen LogP contribution in [0.1, 0.15) is 87.8 Å². The SMILES string of the molecule is CC(C)(CNCC(O)c1c(C(=O)C(C)(C)C)cc(O)c(O)c1C(=O)C(C)(C)C)NC(=O)COc1ccccc1. The van der Waals surface area contributed by atoms with E-state index >= 15 is 0 Å². The fourth-order valence-corrected chi connectivity index (χ4v) is 3.96. The minimum absolute atomic E-state index is 0.0367. The molecule has 0 radical (unpaired) electrons. The lowest BCUT2D eigenvalue weighted by Crippen LogP contribution is -2.52. The van der Waals surface area contributed by atoms with Crippen molar-refractivity contribution in [3.05, 3.63) is 53.1 Å². The molecule has 2 aromatic rings. The molecule has 1 atom stereocenters. The number of aromatic hydroxyl groups is 2. The lowest BCUT2D eigenvalue weighted by Gasteiger charge is -2.29. The van der Waals surface area contributed by atoms with Crippen molar-refractivity contribution in [2.75, 3.05) is 19.7 Å². The maximum Gasteiger partial charge on any atom is 0.258 e. The average molecular weight is 543 g/mol. The number of Topliss-reactive ketones (excluding diaryl/α,β-unsaturated/α-hetero) is 2. The number of phenols is 2. The molecule has 1 amide bonds. The highest BCUT2D eigenvalue weighted by Gasteiger charge is 2.37. The van der Waals surface area contributed by atoms with Crippen LogP contribution in [0.3, 0.4) is 0 Å². The lowest BCUT2D eigenvalue weighted by molar-refractivity contribution is -0.124. The molecule has 0 aliphatic heterocycles. The Bertz CT molecular complexity index is 1190. The molecule has 0 aliphatic carbocycles. The van der Waals surface area contributed by atoms with E-state index in [4.69, 9.17) is 4.74 Å². The van der Waals surface area contributed by atoms with E-state index in [1.807, 2.05) is 6.07 Å². The molecular formula is C30H42N2O7. The Morgan fingerprint density at radius 2 is 1.46 bits per heavy atom. The van der Waals surface area contributed by atoms with Gasteiger partial charge in [0.2, 0.25) is 0 Å². The zero-order valence-electron chi connectivity index (χ0n) is 24.1. The van der Waals surface area contributed by atoms with Gasteiger partial charge in [0, 0.05) is 40.6 Å². The topological polar surface area (TPSA) is 145 Å². The van der Waals surface area contributed by atoms with Crippen molar-refractivity contribution in [1.29, 1.82) is 0 Å². The molecule has 39 heavy (non-hydrogen) atoms. The normalized spacial score (nSPS) is 13.1. The van der Waals surface area contributed by atoms with E-state index < -0.39 is 45.5 Å². The zero-order valence-corrected chi connectivity index (χ0v) is 24.1. The van der Waals surface area contributed by atoms with Crippen molar-refractivity contribution < 1.29 is 34.4 Å². The summed E-state index contributed by atoms with van der Waals surface area (Å²) in [4.78, 5) is 39.0. The summed E-state index contributed by atoms with van der Waals surface area (Å²) in [5, 5.41) is 38.3. The van der Waals surface area contributed by atoms with Gasteiger partial charge >= 0.3 is 0 Å². The molecule has 2 aromatic carbocycles.